The normalized spacial score (nSPS) is 16.2. The standard InChI is InChI=1S/C24H28FN3O7S/c1-15(14-32-3)34-17-9-16(24(29)26-23-5-6-28(2)27-23)10-18(11-17)35-20-13-21-22(12-19(20)25)36(30,31)8-4-7-33-21/h5-6,9-13,15,30-31H,4,7-8,14H2,1-3H3,(H,26,27,29)/t15-/m0/s1. The first-order valence-corrected chi connectivity index (χ1v) is 12.9. The van der Waals surface area contributed by atoms with Crippen molar-refractivity contribution in [1.29, 1.82) is 0 Å². The minimum atomic E-state index is -3.18. The summed E-state index contributed by atoms with van der Waals surface area (Å²) in [5.41, 5.74) is 0.193. The molecule has 3 aromatic rings. The topological polar surface area (TPSA) is 124 Å². The third-order valence-corrected chi connectivity index (χ3v) is 7.13. The van der Waals surface area contributed by atoms with Crippen LogP contribution in [-0.2, 0) is 11.8 Å². The Hall–Kier alpha value is -3.32. The van der Waals surface area contributed by atoms with Crippen molar-refractivity contribution in [1.82, 2.24) is 9.78 Å². The number of rotatable bonds is 8. The molecule has 1 aromatic heterocycles. The zero-order valence-electron chi connectivity index (χ0n) is 20.1. The molecule has 0 radical (unpaired) electrons. The van der Waals surface area contributed by atoms with Crippen molar-refractivity contribution in [2.75, 3.05) is 31.4 Å². The van der Waals surface area contributed by atoms with Crippen LogP contribution in [0.5, 0.6) is 23.0 Å². The van der Waals surface area contributed by atoms with Gasteiger partial charge in [-0.1, -0.05) is 0 Å². The second kappa shape index (κ2) is 10.7. The molecule has 3 N–H and O–H groups in total. The lowest BCUT2D eigenvalue weighted by Gasteiger charge is -2.31. The predicted octanol–water partition coefficient (Wildman–Crippen LogP) is 4.91. The van der Waals surface area contributed by atoms with E-state index in [2.05, 4.69) is 10.4 Å². The van der Waals surface area contributed by atoms with Crippen LogP contribution < -0.4 is 19.5 Å². The molecular weight excluding hydrogens is 493 g/mol. The molecule has 1 amide bonds. The highest BCUT2D eigenvalue weighted by atomic mass is 32.3. The number of benzene rings is 2. The number of carbonyl (C=O) groups is 1. The second-order valence-electron chi connectivity index (χ2n) is 8.31. The first kappa shape index (κ1) is 25.8. The number of hydrogen-bond acceptors (Lipinski definition) is 8. The van der Waals surface area contributed by atoms with Crippen molar-refractivity contribution in [3.63, 3.8) is 0 Å². The number of hydrogen-bond donors (Lipinski definition) is 3. The number of anilines is 1. The number of amides is 1. The summed E-state index contributed by atoms with van der Waals surface area (Å²) in [7, 11) is 0.0972. The fourth-order valence-corrected chi connectivity index (χ4v) is 5.12. The number of carbonyl (C=O) groups excluding carboxylic acids is 1. The Morgan fingerprint density at radius 3 is 2.78 bits per heavy atom. The maximum atomic E-state index is 15.0. The van der Waals surface area contributed by atoms with Gasteiger partial charge in [0.2, 0.25) is 0 Å². The molecule has 4 rings (SSSR count). The molecule has 0 saturated carbocycles. The van der Waals surface area contributed by atoms with E-state index in [1.54, 1.807) is 38.0 Å². The van der Waals surface area contributed by atoms with Gasteiger partial charge in [-0.15, -0.1) is 0 Å². The Kier molecular flexibility index (Phi) is 7.69. The largest absolute Gasteiger partial charge is 0.491 e. The van der Waals surface area contributed by atoms with E-state index < -0.39 is 22.3 Å². The van der Waals surface area contributed by atoms with E-state index in [4.69, 9.17) is 18.9 Å². The summed E-state index contributed by atoms with van der Waals surface area (Å²) in [4.78, 5) is 12.9. The summed E-state index contributed by atoms with van der Waals surface area (Å²) < 4.78 is 59.6. The van der Waals surface area contributed by atoms with E-state index in [0.717, 1.165) is 6.07 Å². The molecule has 1 aliphatic rings. The number of ether oxygens (including phenoxy) is 4. The second-order valence-corrected chi connectivity index (χ2v) is 10.5. The molecule has 0 saturated heterocycles. The highest BCUT2D eigenvalue weighted by molar-refractivity contribution is 8.24. The fourth-order valence-electron chi connectivity index (χ4n) is 3.64. The highest BCUT2D eigenvalue weighted by Crippen LogP contribution is 2.55. The van der Waals surface area contributed by atoms with Gasteiger partial charge in [0, 0.05) is 55.9 Å². The van der Waals surface area contributed by atoms with Crippen LogP contribution in [0.2, 0.25) is 0 Å². The molecule has 0 aliphatic carbocycles. The molecular formula is C24H28FN3O7S. The van der Waals surface area contributed by atoms with Gasteiger partial charge in [0.15, 0.2) is 17.4 Å². The van der Waals surface area contributed by atoms with Gasteiger partial charge in [-0.05, 0) is 25.5 Å². The SMILES string of the molecule is COC[C@H](C)Oc1cc(Oc2cc3c(cc2F)S(O)(O)CCCO3)cc(C(=O)Nc2ccn(C)n2)c1. The molecule has 0 spiro atoms. The van der Waals surface area contributed by atoms with Gasteiger partial charge in [0.25, 0.3) is 5.91 Å². The first-order valence-electron chi connectivity index (χ1n) is 11.2. The lowest BCUT2D eigenvalue weighted by atomic mass is 10.2. The van der Waals surface area contributed by atoms with Crippen LogP contribution in [0.15, 0.2) is 47.5 Å². The van der Waals surface area contributed by atoms with Crippen molar-refractivity contribution in [2.24, 2.45) is 7.05 Å². The van der Waals surface area contributed by atoms with Gasteiger partial charge < -0.3 is 24.3 Å². The summed E-state index contributed by atoms with van der Waals surface area (Å²) in [5.74, 6) is -0.459. The van der Waals surface area contributed by atoms with E-state index in [-0.39, 0.29) is 46.2 Å². The summed E-state index contributed by atoms with van der Waals surface area (Å²) in [6.07, 6.45) is 1.77. The Balaban J connectivity index is 1.66. The molecule has 10 nitrogen and oxygen atoms in total. The van der Waals surface area contributed by atoms with Crippen LogP contribution in [0.25, 0.3) is 0 Å². The number of halogens is 1. The Bertz CT molecular complexity index is 1250. The molecule has 194 valence electrons. The third kappa shape index (κ3) is 6.08. The Labute approximate surface area is 209 Å². The van der Waals surface area contributed by atoms with E-state index >= 15 is 0 Å². The van der Waals surface area contributed by atoms with Crippen LogP contribution in [0.1, 0.15) is 23.7 Å². The number of fused-ring (bicyclic) bond motifs is 1. The summed E-state index contributed by atoms with van der Waals surface area (Å²) >= 11 is 0. The van der Waals surface area contributed by atoms with Crippen molar-refractivity contribution in [3.05, 3.63) is 54.0 Å². The third-order valence-electron chi connectivity index (χ3n) is 5.25. The lowest BCUT2D eigenvalue weighted by Crippen LogP contribution is -2.18. The first-order chi connectivity index (χ1) is 17.1. The average molecular weight is 522 g/mol. The van der Waals surface area contributed by atoms with Crippen LogP contribution in [-0.4, -0.2) is 57.0 Å². The summed E-state index contributed by atoms with van der Waals surface area (Å²) in [6, 6.07) is 8.42. The van der Waals surface area contributed by atoms with Crippen molar-refractivity contribution in [3.8, 4) is 23.0 Å². The molecule has 2 aromatic carbocycles. The van der Waals surface area contributed by atoms with Crippen molar-refractivity contribution < 1.29 is 37.2 Å². The van der Waals surface area contributed by atoms with E-state index in [0.29, 0.717) is 24.6 Å². The number of nitrogens with one attached hydrogen (secondary N) is 1. The zero-order valence-corrected chi connectivity index (χ0v) is 20.9. The van der Waals surface area contributed by atoms with Gasteiger partial charge in [-0.2, -0.15) is 15.7 Å². The zero-order chi connectivity index (χ0) is 25.9. The molecule has 2 heterocycles. The van der Waals surface area contributed by atoms with E-state index in [1.807, 2.05) is 0 Å². The molecule has 1 aliphatic heterocycles. The van der Waals surface area contributed by atoms with Gasteiger partial charge in [-0.25, -0.2) is 4.39 Å². The monoisotopic (exact) mass is 521 g/mol. The molecule has 12 heteroatoms. The van der Waals surface area contributed by atoms with E-state index in [9.17, 15) is 18.3 Å². The highest BCUT2D eigenvalue weighted by Gasteiger charge is 2.27. The maximum absolute atomic E-state index is 15.0. The van der Waals surface area contributed by atoms with Crippen LogP contribution in [0, 0.1) is 5.82 Å². The Morgan fingerprint density at radius 2 is 2.06 bits per heavy atom. The van der Waals surface area contributed by atoms with Gasteiger partial charge in [0.1, 0.15) is 28.2 Å². The van der Waals surface area contributed by atoms with Crippen LogP contribution in [0.4, 0.5) is 10.2 Å². The van der Waals surface area contributed by atoms with Gasteiger partial charge in [0.05, 0.1) is 13.2 Å². The van der Waals surface area contributed by atoms with Crippen LogP contribution in [0.3, 0.4) is 0 Å². The Morgan fingerprint density at radius 1 is 1.28 bits per heavy atom. The quantitative estimate of drug-likeness (QED) is 0.382. The number of methoxy groups -OCH3 is 1. The molecule has 1 atom stereocenters. The van der Waals surface area contributed by atoms with Crippen molar-refractivity contribution >= 4 is 22.3 Å². The van der Waals surface area contributed by atoms with Gasteiger partial charge in [-0.3, -0.25) is 18.6 Å². The van der Waals surface area contributed by atoms with Gasteiger partial charge >= 0.3 is 0 Å². The minimum Gasteiger partial charge on any atom is -0.491 e. The summed E-state index contributed by atoms with van der Waals surface area (Å²) in [6.45, 7) is 2.36. The molecule has 0 fully saturated rings. The number of nitrogens with zero attached hydrogens (tertiary/aromatic N) is 2. The minimum absolute atomic E-state index is 0.00533. The molecule has 0 bridgehead atoms. The maximum Gasteiger partial charge on any atom is 0.257 e. The predicted molar refractivity (Wildman–Crippen MR) is 132 cm³/mol. The smallest absolute Gasteiger partial charge is 0.257 e. The molecule has 36 heavy (non-hydrogen) atoms. The fraction of sp³-hybridized carbons (Fsp3) is 0.333. The molecule has 0 unspecified atom stereocenters. The van der Waals surface area contributed by atoms with Crippen molar-refractivity contribution in [2.45, 2.75) is 24.3 Å². The van der Waals surface area contributed by atoms with E-state index in [1.165, 1.54) is 24.3 Å². The average Bonchev–Trinajstić information content (AvgIpc) is 3.16. The number of aromatic nitrogens is 2. The lowest BCUT2D eigenvalue weighted by molar-refractivity contribution is 0.0915. The summed E-state index contributed by atoms with van der Waals surface area (Å²) in [5, 5.41) is 6.83. The number of aryl methyl sites for hydroxylation is 1. The van der Waals surface area contributed by atoms with Crippen LogP contribution >= 0.6 is 10.6 Å².